The lowest BCUT2D eigenvalue weighted by molar-refractivity contribution is -0.384. The van der Waals surface area contributed by atoms with Gasteiger partial charge >= 0.3 is 0 Å². The Balaban J connectivity index is 1.69. The predicted octanol–water partition coefficient (Wildman–Crippen LogP) is 3.15. The zero-order chi connectivity index (χ0) is 22.6. The first-order valence-corrected chi connectivity index (χ1v) is 12.0. The number of piperidine rings is 1. The molecule has 0 unspecified atom stereocenters. The molecule has 1 aliphatic rings. The number of nitrogens with zero attached hydrogens (tertiary/aromatic N) is 3. The number of carbonyl (C=O) groups is 1. The van der Waals surface area contributed by atoms with Gasteiger partial charge in [-0.3, -0.25) is 19.2 Å². The molecule has 1 aliphatic heterocycles. The van der Waals surface area contributed by atoms with Crippen LogP contribution in [0.15, 0.2) is 48.5 Å². The molecule has 1 amide bonds. The van der Waals surface area contributed by atoms with Gasteiger partial charge in [-0.25, -0.2) is 8.42 Å². The van der Waals surface area contributed by atoms with Crippen LogP contribution in [0, 0.1) is 23.0 Å². The van der Waals surface area contributed by atoms with Crippen molar-refractivity contribution in [2.75, 3.05) is 30.2 Å². The van der Waals surface area contributed by atoms with Gasteiger partial charge in [0.15, 0.2) is 0 Å². The number of hydrogen-bond acceptors (Lipinski definition) is 5. The molecule has 0 spiro atoms. The molecule has 0 radical (unpaired) electrons. The first kappa shape index (κ1) is 22.7. The van der Waals surface area contributed by atoms with Crippen LogP contribution < -0.4 is 4.31 Å². The zero-order valence-corrected chi connectivity index (χ0v) is 18.5. The Hall–Kier alpha value is -2.94. The van der Waals surface area contributed by atoms with Crippen LogP contribution in [0.25, 0.3) is 0 Å². The highest BCUT2D eigenvalue weighted by Crippen LogP contribution is 2.28. The van der Waals surface area contributed by atoms with Crippen molar-refractivity contribution in [2.45, 2.75) is 26.2 Å². The van der Waals surface area contributed by atoms with Crippen LogP contribution in [0.1, 0.15) is 24.0 Å². The van der Waals surface area contributed by atoms with E-state index in [1.807, 2.05) is 18.2 Å². The third-order valence-corrected chi connectivity index (χ3v) is 6.81. The summed E-state index contributed by atoms with van der Waals surface area (Å²) in [5, 5.41) is 11.1. The first-order chi connectivity index (χ1) is 14.6. The highest BCUT2D eigenvalue weighted by atomic mass is 32.2. The van der Waals surface area contributed by atoms with Crippen LogP contribution in [-0.2, 0) is 21.2 Å². The third-order valence-electron chi connectivity index (χ3n) is 5.69. The van der Waals surface area contributed by atoms with E-state index in [-0.39, 0.29) is 23.8 Å². The average molecular weight is 446 g/mol. The minimum Gasteiger partial charge on any atom is -0.341 e. The molecule has 1 saturated heterocycles. The third kappa shape index (κ3) is 5.81. The van der Waals surface area contributed by atoms with E-state index in [0.717, 1.165) is 29.8 Å². The number of nitro benzene ring substituents is 1. The van der Waals surface area contributed by atoms with Gasteiger partial charge in [0.2, 0.25) is 15.9 Å². The summed E-state index contributed by atoms with van der Waals surface area (Å²) in [5.41, 5.74) is 1.76. The van der Waals surface area contributed by atoms with E-state index in [2.05, 4.69) is 12.1 Å². The molecule has 0 saturated carbocycles. The number of benzene rings is 2. The van der Waals surface area contributed by atoms with Gasteiger partial charge in [-0.15, -0.1) is 0 Å². The average Bonchev–Trinajstić information content (AvgIpc) is 2.73. The van der Waals surface area contributed by atoms with Gasteiger partial charge in [0.05, 0.1) is 16.9 Å². The molecule has 0 N–H and O–H groups in total. The lowest BCUT2D eigenvalue weighted by atomic mass is 9.90. The Kier molecular flexibility index (Phi) is 6.94. The number of hydrogen-bond donors (Lipinski definition) is 0. The highest BCUT2D eigenvalue weighted by Gasteiger charge is 2.29. The molecule has 0 bridgehead atoms. The molecule has 9 heteroatoms. The molecule has 2 aromatic carbocycles. The van der Waals surface area contributed by atoms with Crippen LogP contribution in [0.3, 0.4) is 0 Å². The number of non-ortho nitro benzene ring substituents is 1. The fourth-order valence-electron chi connectivity index (χ4n) is 3.92. The van der Waals surface area contributed by atoms with E-state index >= 15 is 0 Å². The normalized spacial score (nSPS) is 15.0. The fraction of sp³-hybridized carbons (Fsp3) is 0.409. The van der Waals surface area contributed by atoms with Crippen molar-refractivity contribution in [2.24, 2.45) is 5.92 Å². The number of sulfonamides is 1. The Labute approximate surface area is 182 Å². The largest absolute Gasteiger partial charge is 0.341 e. The van der Waals surface area contributed by atoms with Gasteiger partial charge in [-0.05, 0) is 43.2 Å². The van der Waals surface area contributed by atoms with Crippen molar-refractivity contribution in [3.8, 4) is 0 Å². The van der Waals surface area contributed by atoms with E-state index in [0.29, 0.717) is 24.6 Å². The van der Waals surface area contributed by atoms with Gasteiger partial charge < -0.3 is 4.90 Å². The Bertz CT molecular complexity index is 1050. The Morgan fingerprint density at radius 1 is 1.16 bits per heavy atom. The van der Waals surface area contributed by atoms with E-state index < -0.39 is 14.9 Å². The predicted molar refractivity (Wildman–Crippen MR) is 119 cm³/mol. The number of amides is 1. The molecule has 0 aliphatic carbocycles. The van der Waals surface area contributed by atoms with Gasteiger partial charge in [0.1, 0.15) is 6.54 Å². The highest BCUT2D eigenvalue weighted by molar-refractivity contribution is 7.92. The van der Waals surface area contributed by atoms with Crippen molar-refractivity contribution < 1.29 is 18.1 Å². The van der Waals surface area contributed by atoms with E-state index in [1.165, 1.54) is 23.8 Å². The maximum atomic E-state index is 12.9. The van der Waals surface area contributed by atoms with Crippen LogP contribution in [-0.4, -0.2) is 50.0 Å². The number of likely N-dealkylation sites (tertiary alicyclic amines) is 1. The summed E-state index contributed by atoms with van der Waals surface area (Å²) < 4.78 is 25.8. The molecular weight excluding hydrogens is 418 g/mol. The molecule has 0 aromatic heterocycles. The monoisotopic (exact) mass is 445 g/mol. The van der Waals surface area contributed by atoms with Crippen LogP contribution >= 0.6 is 0 Å². The number of anilines is 1. The van der Waals surface area contributed by atoms with E-state index in [1.54, 1.807) is 11.8 Å². The first-order valence-electron chi connectivity index (χ1n) is 10.2. The quantitative estimate of drug-likeness (QED) is 0.481. The van der Waals surface area contributed by atoms with Gasteiger partial charge in [-0.1, -0.05) is 36.4 Å². The SMILES string of the molecule is Cc1ccc([N+](=O)[O-])cc1N(CC(=O)N1CCC(Cc2ccccc2)CC1)S(C)(=O)=O. The van der Waals surface area contributed by atoms with Crippen LogP contribution in [0.2, 0.25) is 0 Å². The van der Waals surface area contributed by atoms with Crippen LogP contribution in [0.5, 0.6) is 0 Å². The smallest absolute Gasteiger partial charge is 0.271 e. The number of aryl methyl sites for hydroxylation is 1. The Morgan fingerprint density at radius 3 is 2.39 bits per heavy atom. The number of rotatable bonds is 7. The van der Waals surface area contributed by atoms with Crippen molar-refractivity contribution >= 4 is 27.3 Å². The number of carbonyl (C=O) groups excluding carboxylic acids is 1. The maximum Gasteiger partial charge on any atom is 0.271 e. The summed E-state index contributed by atoms with van der Waals surface area (Å²) >= 11 is 0. The fourth-order valence-corrected chi connectivity index (χ4v) is 4.82. The van der Waals surface area contributed by atoms with Crippen molar-refractivity contribution in [1.29, 1.82) is 0 Å². The minimum absolute atomic E-state index is 0.156. The molecule has 31 heavy (non-hydrogen) atoms. The second-order valence-electron chi connectivity index (χ2n) is 8.01. The maximum absolute atomic E-state index is 12.9. The molecule has 8 nitrogen and oxygen atoms in total. The standard InChI is InChI=1S/C22H27N3O5S/c1-17-8-9-20(25(27)28)15-21(17)24(31(2,29)30)16-22(26)23-12-10-19(11-13-23)14-18-6-4-3-5-7-18/h3-9,15,19H,10-14,16H2,1-2H3. The molecule has 1 heterocycles. The minimum atomic E-state index is -3.80. The van der Waals surface area contributed by atoms with Gasteiger partial charge in [-0.2, -0.15) is 0 Å². The molecule has 166 valence electrons. The summed E-state index contributed by atoms with van der Waals surface area (Å²) in [6.07, 6.45) is 3.68. The lowest BCUT2D eigenvalue weighted by Crippen LogP contribution is -2.46. The summed E-state index contributed by atoms with van der Waals surface area (Å²) in [6.45, 7) is 2.44. The summed E-state index contributed by atoms with van der Waals surface area (Å²) in [6, 6.07) is 14.2. The van der Waals surface area contributed by atoms with Gasteiger partial charge in [0.25, 0.3) is 5.69 Å². The summed E-state index contributed by atoms with van der Waals surface area (Å²) in [4.78, 5) is 25.1. The Morgan fingerprint density at radius 2 is 1.81 bits per heavy atom. The van der Waals surface area contributed by atoms with Crippen molar-refractivity contribution in [3.63, 3.8) is 0 Å². The second kappa shape index (κ2) is 9.47. The zero-order valence-electron chi connectivity index (χ0n) is 17.7. The van der Waals surface area contributed by atoms with Crippen molar-refractivity contribution in [1.82, 2.24) is 4.90 Å². The van der Waals surface area contributed by atoms with E-state index in [9.17, 15) is 23.3 Å². The summed E-state index contributed by atoms with van der Waals surface area (Å²) in [5.74, 6) is 0.186. The molecule has 2 aromatic rings. The lowest BCUT2D eigenvalue weighted by Gasteiger charge is -2.34. The second-order valence-corrected chi connectivity index (χ2v) is 9.92. The topological polar surface area (TPSA) is 101 Å². The molecule has 3 rings (SSSR count). The molecule has 0 atom stereocenters. The molecular formula is C22H27N3O5S. The van der Waals surface area contributed by atoms with Gasteiger partial charge in [0, 0.05) is 25.2 Å². The summed E-state index contributed by atoms with van der Waals surface area (Å²) in [7, 11) is -3.80. The van der Waals surface area contributed by atoms with E-state index in [4.69, 9.17) is 0 Å². The molecule has 1 fully saturated rings. The number of nitro groups is 1. The van der Waals surface area contributed by atoms with Crippen molar-refractivity contribution in [3.05, 3.63) is 69.8 Å². The van der Waals surface area contributed by atoms with Crippen LogP contribution in [0.4, 0.5) is 11.4 Å².